The number of amides is 1. The molecule has 1 aromatic carbocycles. The van der Waals surface area contributed by atoms with Crippen molar-refractivity contribution >= 4 is 16.7 Å². The molecule has 0 unspecified atom stereocenters. The van der Waals surface area contributed by atoms with Crippen LogP contribution in [0.4, 0.5) is 0 Å². The summed E-state index contributed by atoms with van der Waals surface area (Å²) in [4.78, 5) is 18.3. The van der Waals surface area contributed by atoms with Gasteiger partial charge in [-0.1, -0.05) is 18.2 Å². The monoisotopic (exact) mass is 348 g/mol. The lowest BCUT2D eigenvalue weighted by atomic mass is 10.2. The Morgan fingerprint density at radius 2 is 1.96 bits per heavy atom. The quantitative estimate of drug-likeness (QED) is 0.823. The van der Waals surface area contributed by atoms with E-state index in [4.69, 9.17) is 9.15 Å². The zero-order valence-corrected chi connectivity index (χ0v) is 14.4. The first-order valence-corrected chi connectivity index (χ1v) is 9.34. The minimum absolute atomic E-state index is 0.00691. The number of aromatic nitrogens is 1. The first kappa shape index (κ1) is 16.9. The van der Waals surface area contributed by atoms with E-state index in [1.54, 1.807) is 11.8 Å². The van der Waals surface area contributed by atoms with E-state index in [2.05, 4.69) is 4.98 Å². The second-order valence-corrected chi connectivity index (χ2v) is 7.07. The summed E-state index contributed by atoms with van der Waals surface area (Å²) in [7, 11) is -1.31. The van der Waals surface area contributed by atoms with Crippen LogP contribution < -0.4 is 0 Å². The van der Waals surface area contributed by atoms with Gasteiger partial charge >= 0.3 is 0 Å². The number of rotatable bonds is 5. The summed E-state index contributed by atoms with van der Waals surface area (Å²) >= 11 is 0. The van der Waals surface area contributed by atoms with Crippen LogP contribution in [0.25, 0.3) is 11.5 Å². The fourth-order valence-electron chi connectivity index (χ4n) is 2.51. The van der Waals surface area contributed by atoms with Crippen molar-refractivity contribution in [1.29, 1.82) is 0 Å². The number of carbonyl (C=O) groups excluding carboxylic acids is 1. The minimum atomic E-state index is -1.31. The van der Waals surface area contributed by atoms with E-state index >= 15 is 0 Å². The molecule has 1 aromatic heterocycles. The molecule has 0 spiro atoms. The molecule has 1 fully saturated rings. The number of hydrogen-bond donors (Lipinski definition) is 0. The van der Waals surface area contributed by atoms with Gasteiger partial charge in [-0.2, -0.15) is 0 Å². The third kappa shape index (κ3) is 4.10. The van der Waals surface area contributed by atoms with Crippen molar-refractivity contribution in [2.45, 2.75) is 12.7 Å². The Bertz CT molecular complexity index is 723. The predicted molar refractivity (Wildman–Crippen MR) is 90.8 cm³/mol. The van der Waals surface area contributed by atoms with Gasteiger partial charge in [0.1, 0.15) is 11.5 Å². The molecule has 0 bridgehead atoms. The van der Waals surface area contributed by atoms with Crippen LogP contribution in [0, 0.1) is 6.92 Å². The average Bonchev–Trinajstić information content (AvgIpc) is 2.97. The highest BCUT2D eigenvalue weighted by atomic mass is 32.2. The highest BCUT2D eigenvalue weighted by Crippen LogP contribution is 2.22. The molecule has 0 saturated carbocycles. The molecule has 1 amide bonds. The van der Waals surface area contributed by atoms with E-state index in [1.807, 2.05) is 30.3 Å². The van der Waals surface area contributed by atoms with Crippen LogP contribution in [-0.2, 0) is 26.1 Å². The molecule has 0 radical (unpaired) electrons. The smallest absolute Gasteiger partial charge is 0.235 e. The van der Waals surface area contributed by atoms with Gasteiger partial charge in [-0.3, -0.25) is 9.00 Å². The number of oxazole rings is 1. The van der Waals surface area contributed by atoms with E-state index in [1.165, 1.54) is 0 Å². The Morgan fingerprint density at radius 1 is 1.25 bits per heavy atom. The molecule has 0 aliphatic carbocycles. The summed E-state index contributed by atoms with van der Waals surface area (Å²) in [5.74, 6) is 1.28. The first-order valence-electron chi connectivity index (χ1n) is 7.85. The summed E-state index contributed by atoms with van der Waals surface area (Å²) in [6, 6.07) is 9.57. The highest BCUT2D eigenvalue weighted by Gasteiger charge is 2.20. The maximum atomic E-state index is 12.3. The second kappa shape index (κ2) is 7.72. The lowest BCUT2D eigenvalue weighted by molar-refractivity contribution is -0.132. The van der Waals surface area contributed by atoms with Crippen LogP contribution in [0.3, 0.4) is 0 Å². The third-order valence-corrected chi connectivity index (χ3v) is 5.02. The molecule has 1 aliphatic heterocycles. The molecule has 7 heteroatoms. The second-order valence-electron chi connectivity index (χ2n) is 5.61. The summed E-state index contributed by atoms with van der Waals surface area (Å²) < 4.78 is 23.2. The number of hydrogen-bond acceptors (Lipinski definition) is 5. The third-order valence-electron chi connectivity index (χ3n) is 3.86. The van der Waals surface area contributed by atoms with Crippen molar-refractivity contribution in [3.05, 3.63) is 41.8 Å². The van der Waals surface area contributed by atoms with Crippen LogP contribution >= 0.6 is 0 Å². The van der Waals surface area contributed by atoms with Crippen molar-refractivity contribution in [2.24, 2.45) is 0 Å². The summed E-state index contributed by atoms with van der Waals surface area (Å²) in [5.41, 5.74) is 1.52. The molecule has 1 saturated heterocycles. The SMILES string of the molecule is Cc1oc(-c2ccccc2)nc1C[S@@](=O)CC(=O)N1CCOCC1. The van der Waals surface area contributed by atoms with Gasteiger partial charge in [-0.05, 0) is 19.1 Å². The number of ether oxygens (including phenoxy) is 1. The molecular formula is C17H20N2O4S. The zero-order valence-electron chi connectivity index (χ0n) is 13.6. The normalized spacial score (nSPS) is 16.1. The minimum Gasteiger partial charge on any atom is -0.441 e. The van der Waals surface area contributed by atoms with Crippen LogP contribution in [0.1, 0.15) is 11.5 Å². The topological polar surface area (TPSA) is 72.6 Å². The molecule has 1 aliphatic rings. The number of benzene rings is 1. The maximum Gasteiger partial charge on any atom is 0.235 e. The average molecular weight is 348 g/mol. The Morgan fingerprint density at radius 3 is 2.67 bits per heavy atom. The Kier molecular flexibility index (Phi) is 5.42. The summed E-state index contributed by atoms with van der Waals surface area (Å²) in [5, 5.41) is 0. The van der Waals surface area contributed by atoms with Gasteiger partial charge in [0.2, 0.25) is 11.8 Å². The molecule has 2 heterocycles. The Hall–Kier alpha value is -1.99. The molecule has 0 N–H and O–H groups in total. The van der Waals surface area contributed by atoms with Gasteiger partial charge in [0, 0.05) is 29.5 Å². The van der Waals surface area contributed by atoms with Crippen LogP contribution in [0.15, 0.2) is 34.7 Å². The molecule has 1 atom stereocenters. The van der Waals surface area contributed by atoms with Gasteiger partial charge in [0.15, 0.2) is 0 Å². The van der Waals surface area contributed by atoms with E-state index < -0.39 is 10.8 Å². The predicted octanol–water partition coefficient (Wildman–Crippen LogP) is 1.76. The van der Waals surface area contributed by atoms with E-state index in [0.29, 0.717) is 43.6 Å². The fraction of sp³-hybridized carbons (Fsp3) is 0.412. The molecule has 3 rings (SSSR count). The first-order chi connectivity index (χ1) is 11.6. The van der Waals surface area contributed by atoms with Gasteiger partial charge in [0.05, 0.1) is 24.7 Å². The molecule has 24 heavy (non-hydrogen) atoms. The van der Waals surface area contributed by atoms with Crippen LogP contribution in [-0.4, -0.2) is 52.1 Å². The standard InChI is InChI=1S/C17H20N2O4S/c1-13-15(18-17(23-13)14-5-3-2-4-6-14)11-24(21)12-16(20)19-7-9-22-10-8-19/h2-6H,7-12H2,1H3/t24-/m1/s1. The molecule has 6 nitrogen and oxygen atoms in total. The molecule has 128 valence electrons. The molecular weight excluding hydrogens is 328 g/mol. The highest BCUT2D eigenvalue weighted by molar-refractivity contribution is 7.84. The lowest BCUT2D eigenvalue weighted by Gasteiger charge is -2.26. The van der Waals surface area contributed by atoms with Crippen LogP contribution in [0.2, 0.25) is 0 Å². The molecule has 2 aromatic rings. The fourth-order valence-corrected chi connectivity index (χ4v) is 3.64. The number of morpholine rings is 1. The van der Waals surface area contributed by atoms with Crippen molar-refractivity contribution < 1.29 is 18.2 Å². The largest absolute Gasteiger partial charge is 0.441 e. The van der Waals surface area contributed by atoms with E-state index in [-0.39, 0.29) is 17.4 Å². The Labute approximate surface area is 143 Å². The summed E-state index contributed by atoms with van der Waals surface area (Å²) in [6.45, 7) is 4.02. The maximum absolute atomic E-state index is 12.3. The van der Waals surface area contributed by atoms with Crippen molar-refractivity contribution in [1.82, 2.24) is 9.88 Å². The van der Waals surface area contributed by atoms with E-state index in [0.717, 1.165) is 5.56 Å². The number of nitrogens with zero attached hydrogens (tertiary/aromatic N) is 2. The van der Waals surface area contributed by atoms with Crippen molar-refractivity contribution in [3.63, 3.8) is 0 Å². The van der Waals surface area contributed by atoms with Gasteiger partial charge in [-0.15, -0.1) is 0 Å². The lowest BCUT2D eigenvalue weighted by Crippen LogP contribution is -2.42. The number of carbonyl (C=O) groups is 1. The van der Waals surface area contributed by atoms with Gasteiger partial charge < -0.3 is 14.1 Å². The zero-order chi connectivity index (χ0) is 16.9. The van der Waals surface area contributed by atoms with Crippen molar-refractivity contribution in [2.75, 3.05) is 32.1 Å². The van der Waals surface area contributed by atoms with Crippen LogP contribution in [0.5, 0.6) is 0 Å². The van der Waals surface area contributed by atoms with Gasteiger partial charge in [0.25, 0.3) is 0 Å². The summed E-state index contributed by atoms with van der Waals surface area (Å²) in [6.07, 6.45) is 0. The van der Waals surface area contributed by atoms with E-state index in [9.17, 15) is 9.00 Å². The Balaban J connectivity index is 1.62. The van der Waals surface area contributed by atoms with Gasteiger partial charge in [-0.25, -0.2) is 4.98 Å². The number of aryl methyl sites for hydroxylation is 1. The van der Waals surface area contributed by atoms with Crippen molar-refractivity contribution in [3.8, 4) is 11.5 Å².